The average Bonchev–Trinajstić information content (AvgIpc) is 2.87. The summed E-state index contributed by atoms with van der Waals surface area (Å²) < 4.78 is 5.35. The first kappa shape index (κ1) is 18.9. The summed E-state index contributed by atoms with van der Waals surface area (Å²) in [6.45, 7) is 2.82. The summed E-state index contributed by atoms with van der Waals surface area (Å²) >= 11 is 6.10. The van der Waals surface area contributed by atoms with E-state index in [-0.39, 0.29) is 0 Å². The Bertz CT molecular complexity index is 887. The summed E-state index contributed by atoms with van der Waals surface area (Å²) in [5.41, 5.74) is 0.0787. The van der Waals surface area contributed by atoms with Crippen LogP contribution < -0.4 is 5.32 Å². The van der Waals surface area contributed by atoms with Gasteiger partial charge < -0.3 is 10.1 Å². The fourth-order valence-corrected chi connectivity index (χ4v) is 3.33. The van der Waals surface area contributed by atoms with Gasteiger partial charge in [0.05, 0.1) is 0 Å². The number of esters is 1. The van der Waals surface area contributed by atoms with E-state index in [9.17, 15) is 14.4 Å². The Morgan fingerprint density at radius 3 is 2.44 bits per heavy atom. The molecule has 2 aromatic carbocycles. The Balaban J connectivity index is 1.70. The van der Waals surface area contributed by atoms with Crippen LogP contribution in [0.1, 0.15) is 31.1 Å². The number of carbonyl (C=O) groups is 3. The number of rotatable bonds is 5. The zero-order valence-electron chi connectivity index (χ0n) is 14.9. The summed E-state index contributed by atoms with van der Waals surface area (Å²) in [6.07, 6.45) is -0.604. The van der Waals surface area contributed by atoms with E-state index in [1.54, 1.807) is 62.4 Å². The Labute approximate surface area is 162 Å². The first-order valence-electron chi connectivity index (χ1n) is 8.46. The fourth-order valence-electron chi connectivity index (χ4n) is 3.04. The second kappa shape index (κ2) is 7.40. The fraction of sp³-hybridized carbons (Fsp3) is 0.250. The molecule has 1 saturated heterocycles. The number of ether oxygens (including phenoxy) is 1. The van der Waals surface area contributed by atoms with Crippen molar-refractivity contribution >= 4 is 29.5 Å². The van der Waals surface area contributed by atoms with Crippen molar-refractivity contribution < 1.29 is 19.1 Å². The number of urea groups is 1. The van der Waals surface area contributed by atoms with E-state index >= 15 is 0 Å². The molecule has 2 aromatic rings. The zero-order chi connectivity index (χ0) is 19.6. The third-order valence-electron chi connectivity index (χ3n) is 4.56. The molecule has 6 nitrogen and oxygen atoms in total. The lowest BCUT2D eigenvalue weighted by Crippen LogP contribution is -2.41. The monoisotopic (exact) mass is 386 g/mol. The van der Waals surface area contributed by atoms with Crippen LogP contribution in [-0.2, 0) is 19.9 Å². The van der Waals surface area contributed by atoms with Crippen molar-refractivity contribution in [2.45, 2.75) is 25.5 Å². The molecule has 3 rings (SSSR count). The molecule has 7 heteroatoms. The van der Waals surface area contributed by atoms with Crippen LogP contribution in [0.2, 0.25) is 5.02 Å². The molecule has 0 radical (unpaired) electrons. The van der Waals surface area contributed by atoms with Gasteiger partial charge in [-0.1, -0.05) is 60.1 Å². The third-order valence-corrected chi connectivity index (χ3v) is 4.91. The molecule has 0 saturated carbocycles. The van der Waals surface area contributed by atoms with E-state index < -0.39 is 36.1 Å². The highest BCUT2D eigenvalue weighted by Crippen LogP contribution is 2.29. The molecule has 2 atom stereocenters. The minimum atomic E-state index is -1.22. The number of hydrogen-bond acceptors (Lipinski definition) is 4. The second-order valence-electron chi connectivity index (χ2n) is 6.47. The molecule has 0 aromatic heterocycles. The van der Waals surface area contributed by atoms with E-state index in [2.05, 4.69) is 5.32 Å². The maximum atomic E-state index is 12.8. The van der Waals surface area contributed by atoms with Gasteiger partial charge >= 0.3 is 12.0 Å². The van der Waals surface area contributed by atoms with Crippen LogP contribution in [-0.4, -0.2) is 29.4 Å². The number of amides is 3. The standard InChI is InChI=1S/C20H19ClN2O4/c1-13(15-10-6-7-11-16(15)21)27-17(24)12-23-18(25)20(2,22-19(23)26)14-8-4-3-5-9-14/h3-11,13H,12H2,1-2H3,(H,22,26)/t13-,20+/m1/s1. The van der Waals surface area contributed by atoms with E-state index in [1.807, 2.05) is 6.07 Å². The van der Waals surface area contributed by atoms with Gasteiger partial charge in [0.2, 0.25) is 0 Å². The van der Waals surface area contributed by atoms with Gasteiger partial charge in [0.15, 0.2) is 0 Å². The van der Waals surface area contributed by atoms with Crippen LogP contribution in [0.4, 0.5) is 4.79 Å². The Kier molecular flexibility index (Phi) is 5.19. The topological polar surface area (TPSA) is 75.7 Å². The zero-order valence-corrected chi connectivity index (χ0v) is 15.7. The molecular weight excluding hydrogens is 368 g/mol. The Hall–Kier alpha value is -2.86. The maximum absolute atomic E-state index is 12.8. The molecule has 1 heterocycles. The van der Waals surface area contributed by atoms with E-state index in [0.717, 1.165) is 4.90 Å². The predicted molar refractivity (Wildman–Crippen MR) is 100.0 cm³/mol. The lowest BCUT2D eigenvalue weighted by molar-refractivity contribution is -0.152. The minimum absolute atomic E-state index is 0.470. The Morgan fingerprint density at radius 2 is 1.78 bits per heavy atom. The van der Waals surface area contributed by atoms with Gasteiger partial charge in [0.25, 0.3) is 5.91 Å². The molecule has 0 bridgehead atoms. The molecule has 1 fully saturated rings. The molecule has 3 amide bonds. The van der Waals surface area contributed by atoms with Gasteiger partial charge in [-0.25, -0.2) is 4.79 Å². The van der Waals surface area contributed by atoms with Crippen LogP contribution in [0.25, 0.3) is 0 Å². The highest BCUT2D eigenvalue weighted by molar-refractivity contribution is 6.31. The van der Waals surface area contributed by atoms with Gasteiger partial charge in [-0.3, -0.25) is 14.5 Å². The van der Waals surface area contributed by atoms with Gasteiger partial charge in [0, 0.05) is 10.6 Å². The average molecular weight is 387 g/mol. The van der Waals surface area contributed by atoms with Crippen LogP contribution in [0, 0.1) is 0 Å². The predicted octanol–water partition coefficient (Wildman–Crippen LogP) is 3.41. The lowest BCUT2D eigenvalue weighted by Gasteiger charge is -2.22. The van der Waals surface area contributed by atoms with Crippen molar-refractivity contribution in [1.29, 1.82) is 0 Å². The van der Waals surface area contributed by atoms with Gasteiger partial charge in [-0.2, -0.15) is 0 Å². The van der Waals surface area contributed by atoms with Crippen LogP contribution >= 0.6 is 11.6 Å². The molecule has 140 valence electrons. The van der Waals surface area contributed by atoms with Gasteiger partial charge in [-0.15, -0.1) is 0 Å². The minimum Gasteiger partial charge on any atom is -0.456 e. The molecule has 1 aliphatic rings. The van der Waals surface area contributed by atoms with Crippen LogP contribution in [0.3, 0.4) is 0 Å². The maximum Gasteiger partial charge on any atom is 0.326 e. The summed E-state index contributed by atoms with van der Waals surface area (Å²) in [5, 5.41) is 3.13. The molecule has 1 N–H and O–H groups in total. The first-order valence-corrected chi connectivity index (χ1v) is 8.84. The SMILES string of the molecule is C[C@@H](OC(=O)CN1C(=O)N[C@@](C)(c2ccccc2)C1=O)c1ccccc1Cl. The number of nitrogens with zero attached hydrogens (tertiary/aromatic N) is 1. The third kappa shape index (κ3) is 3.66. The largest absolute Gasteiger partial charge is 0.456 e. The normalized spacial score (nSPS) is 20.3. The van der Waals surface area contributed by atoms with E-state index in [4.69, 9.17) is 16.3 Å². The molecule has 0 unspecified atom stereocenters. The second-order valence-corrected chi connectivity index (χ2v) is 6.87. The van der Waals surface area contributed by atoms with Crippen molar-refractivity contribution in [3.8, 4) is 0 Å². The number of nitrogens with one attached hydrogen (secondary N) is 1. The van der Waals surface area contributed by atoms with Crippen LogP contribution in [0.15, 0.2) is 54.6 Å². The summed E-state index contributed by atoms with van der Waals surface area (Å²) in [4.78, 5) is 38.2. The smallest absolute Gasteiger partial charge is 0.326 e. The molecule has 0 spiro atoms. The highest BCUT2D eigenvalue weighted by atomic mass is 35.5. The Morgan fingerprint density at radius 1 is 1.15 bits per heavy atom. The number of carbonyl (C=O) groups excluding carboxylic acids is 3. The van der Waals surface area contributed by atoms with Crippen molar-refractivity contribution in [3.05, 3.63) is 70.7 Å². The van der Waals surface area contributed by atoms with Gasteiger partial charge in [-0.05, 0) is 25.5 Å². The van der Waals surface area contributed by atoms with E-state index in [0.29, 0.717) is 16.1 Å². The summed E-state index contributed by atoms with van der Waals surface area (Å²) in [5.74, 6) is -1.19. The molecule has 1 aliphatic heterocycles. The van der Waals surface area contributed by atoms with Crippen molar-refractivity contribution in [2.75, 3.05) is 6.54 Å². The van der Waals surface area contributed by atoms with Crippen molar-refractivity contribution in [3.63, 3.8) is 0 Å². The van der Waals surface area contributed by atoms with Crippen molar-refractivity contribution in [2.24, 2.45) is 0 Å². The summed E-state index contributed by atoms with van der Waals surface area (Å²) in [6, 6.07) is 15.3. The highest BCUT2D eigenvalue weighted by Gasteiger charge is 2.49. The molecular formula is C20H19ClN2O4. The quantitative estimate of drug-likeness (QED) is 0.631. The number of hydrogen-bond donors (Lipinski definition) is 1. The number of halogens is 1. The van der Waals surface area contributed by atoms with Crippen LogP contribution in [0.5, 0.6) is 0 Å². The lowest BCUT2D eigenvalue weighted by atomic mass is 9.92. The van der Waals surface area contributed by atoms with Gasteiger partial charge in [0.1, 0.15) is 18.2 Å². The molecule has 27 heavy (non-hydrogen) atoms. The summed E-state index contributed by atoms with van der Waals surface area (Å²) in [7, 11) is 0. The number of imide groups is 1. The molecule has 0 aliphatic carbocycles. The van der Waals surface area contributed by atoms with E-state index in [1.165, 1.54) is 0 Å². The number of benzene rings is 2. The van der Waals surface area contributed by atoms with Crippen molar-refractivity contribution in [1.82, 2.24) is 10.2 Å². The first-order chi connectivity index (χ1) is 12.8.